The number of nitrogens with zero attached hydrogens (tertiary/aromatic N) is 16. The third-order valence-corrected chi connectivity index (χ3v) is 22.4. The van der Waals surface area contributed by atoms with Crippen molar-refractivity contribution in [3.05, 3.63) is 379 Å². The van der Waals surface area contributed by atoms with Crippen molar-refractivity contribution in [2.45, 2.75) is 31.2 Å². The van der Waals surface area contributed by atoms with Crippen LogP contribution in [-0.2, 0) is 31.2 Å². The van der Waals surface area contributed by atoms with Gasteiger partial charge in [-0.15, -0.1) is 0 Å². The number of aromatic nitrogens is 21. The SMILES string of the molecule is O=c1[nH]c(=O)n(-c2cccc(C(F)(F)F)c2)c2c1cnc1ccc(-c3c[nH]c4ncccc34)nc12.O=c1[nH]c(=O)n(-c2cccc(C(F)(F)F)c2)c2c1cnc1ccc(-c3ccc4c(c3)C=NC4)nc12.O=c1[nH]c(=O)n(-c2cccc(C(F)(F)F)c2)c2c1cnc1ccc(-c3cn[nH]c3)nc12.O=c1[nH]c(=O)n(-c2cccc(C(F)(F)F)c2)c2c1cnc1ccc(-c3cnc4ccccc4c3)nc12. The van der Waals surface area contributed by atoms with E-state index in [1.807, 2.05) is 54.6 Å². The molecular weight excluding hydrogens is 1810 g/mol. The minimum absolute atomic E-state index is 0.0137. The highest BCUT2D eigenvalue weighted by Crippen LogP contribution is 2.39. The Morgan fingerprint density at radius 3 is 1.11 bits per heavy atom. The molecule has 0 amide bonds. The Balaban J connectivity index is 0.000000113. The lowest BCUT2D eigenvalue weighted by Gasteiger charge is -2.14. The maximum atomic E-state index is 13.4. The highest BCUT2D eigenvalue weighted by atomic mass is 19.4. The molecule has 0 aliphatic carbocycles. The van der Waals surface area contributed by atoms with Crippen molar-refractivity contribution in [1.29, 1.82) is 0 Å². The molecule has 0 spiro atoms. The van der Waals surface area contributed by atoms with Crippen LogP contribution in [0, 0.1) is 0 Å². The second-order valence-electron chi connectivity index (χ2n) is 30.8. The van der Waals surface area contributed by atoms with Crippen LogP contribution in [0.5, 0.6) is 0 Å². The van der Waals surface area contributed by atoms with Crippen molar-refractivity contribution in [2.24, 2.45) is 4.99 Å². The summed E-state index contributed by atoms with van der Waals surface area (Å²) in [4.78, 5) is 162. The van der Waals surface area contributed by atoms with E-state index in [0.717, 1.165) is 105 Å². The molecule has 1 aliphatic rings. The average molecular weight is 1860 g/mol. The molecule has 42 heteroatoms. The number of fused-ring (bicyclic) bond motifs is 15. The zero-order chi connectivity index (χ0) is 95.4. The topological polar surface area (TPSA) is 405 Å². The molecule has 674 valence electrons. The first-order chi connectivity index (χ1) is 65.7. The van der Waals surface area contributed by atoms with Crippen LogP contribution in [-0.4, -0.2) is 109 Å². The maximum absolute atomic E-state index is 13.4. The number of rotatable bonds is 8. The third kappa shape index (κ3) is 16.1. The highest BCUT2D eigenvalue weighted by Gasteiger charge is 2.35. The molecule has 22 aromatic rings. The number of alkyl halides is 12. The van der Waals surface area contributed by atoms with E-state index in [2.05, 4.69) is 80.0 Å². The lowest BCUT2D eigenvalue weighted by atomic mass is 10.0. The Bertz CT molecular complexity index is 9370. The van der Waals surface area contributed by atoms with E-state index >= 15 is 0 Å². The number of hydrogen-bond donors (Lipinski definition) is 6. The normalized spacial score (nSPS) is 12.3. The Kier molecular flexibility index (Phi) is 21.1. The van der Waals surface area contributed by atoms with Gasteiger partial charge < -0.3 is 4.98 Å². The third-order valence-electron chi connectivity index (χ3n) is 22.4. The summed E-state index contributed by atoms with van der Waals surface area (Å²) in [7, 11) is 0. The van der Waals surface area contributed by atoms with Crippen LogP contribution < -0.4 is 45.0 Å². The van der Waals surface area contributed by atoms with Gasteiger partial charge in [0.15, 0.2) is 0 Å². The van der Waals surface area contributed by atoms with Crippen LogP contribution >= 0.6 is 0 Å². The summed E-state index contributed by atoms with van der Waals surface area (Å²) in [5, 5.41) is 8.31. The van der Waals surface area contributed by atoms with Crippen LogP contribution in [0.4, 0.5) is 52.7 Å². The number of benzene rings is 6. The molecule has 0 unspecified atom stereocenters. The molecule has 6 N–H and O–H groups in total. The molecule has 6 aromatic carbocycles. The number of aromatic amines is 6. The maximum Gasteiger partial charge on any atom is 0.416 e. The molecule has 0 saturated heterocycles. The van der Waals surface area contributed by atoms with Crippen molar-refractivity contribution in [3.63, 3.8) is 0 Å². The predicted molar refractivity (Wildman–Crippen MR) is 483 cm³/mol. The van der Waals surface area contributed by atoms with E-state index in [1.54, 1.807) is 91.8 Å². The number of hydrogen-bond acceptors (Lipinski definition) is 20. The van der Waals surface area contributed by atoms with Crippen molar-refractivity contribution < 1.29 is 52.7 Å². The first-order valence-corrected chi connectivity index (χ1v) is 40.6. The molecule has 30 nitrogen and oxygen atoms in total. The minimum atomic E-state index is -4.62. The molecule has 23 rings (SSSR count). The van der Waals surface area contributed by atoms with Gasteiger partial charge in [0.2, 0.25) is 0 Å². The number of nitrogens with one attached hydrogen (secondary N) is 6. The Hall–Kier alpha value is -18.5. The van der Waals surface area contributed by atoms with Gasteiger partial charge in [-0.2, -0.15) is 57.8 Å². The van der Waals surface area contributed by atoms with Crippen LogP contribution in [0.2, 0.25) is 0 Å². The molecule has 16 aromatic heterocycles. The number of H-pyrrole nitrogens is 6. The van der Waals surface area contributed by atoms with E-state index in [1.165, 1.54) is 73.3 Å². The zero-order valence-electron chi connectivity index (χ0n) is 69.1. The second kappa shape index (κ2) is 33.4. The smallest absolute Gasteiger partial charge is 0.345 e. The van der Waals surface area contributed by atoms with Gasteiger partial charge in [0.1, 0.15) is 27.7 Å². The Labute approximate surface area is 751 Å². The standard InChI is InChI=1S/C26H14F3N5O2.C25H14F3N5O2.C24H13F3N6O2.C20H11F3N6O2/c27-26(28,29)16-5-3-6-17(11-16)34-23-18(24(35)33-25(34)36)13-31-21-9-8-20(32-22(21)23)15-10-14-4-1-2-7-19(14)30-12-15;26-25(27,28)16-2-1-3-17(9-16)33-22-18(23(34)32-24(33)35)12-30-20-7-6-19(31-21(20)22)13-4-5-14-10-29-11-15(14)8-13;25-24(26,27)12-3-1-4-13(9-12)33-20-16(22(34)32-23(33)35)11-29-18-7-6-17(31-19(18)20)15-10-30-21-14(15)5-2-8-28-21;21-20(22,23)11-2-1-3-12(6-11)29-17-13(18(30)28-19(29)31)9-24-15-5-4-14(27-16(15)17)10-7-25-26-8-10/h1-13H,(H,33,35,36);1-9,11-12H,10H2,(H,32,34,35);1-11H,(H,28,30)(H,32,34,35);1-9H,(H,25,26)(H,28,30,31). The first kappa shape index (κ1) is 86.5. The molecule has 0 atom stereocenters. The van der Waals surface area contributed by atoms with Gasteiger partial charge in [0.05, 0.1) is 152 Å². The van der Waals surface area contributed by atoms with Gasteiger partial charge in [-0.05, 0) is 163 Å². The summed E-state index contributed by atoms with van der Waals surface area (Å²) in [6.07, 6.45) is -3.38. The highest BCUT2D eigenvalue weighted by molar-refractivity contribution is 6.06. The molecule has 0 saturated carbocycles. The number of halogens is 12. The molecule has 137 heavy (non-hydrogen) atoms. The van der Waals surface area contributed by atoms with Gasteiger partial charge in [0.25, 0.3) is 22.2 Å². The number of aliphatic imine (C=N–C) groups is 1. The van der Waals surface area contributed by atoms with Crippen LogP contribution in [0.25, 0.3) is 177 Å². The van der Waals surface area contributed by atoms with Gasteiger partial charge >= 0.3 is 47.5 Å². The van der Waals surface area contributed by atoms with E-state index in [4.69, 9.17) is 9.97 Å². The van der Waals surface area contributed by atoms with Crippen LogP contribution in [0.15, 0.2) is 305 Å². The van der Waals surface area contributed by atoms with Gasteiger partial charge in [-0.3, -0.25) is 92.4 Å². The Morgan fingerprint density at radius 1 is 0.314 bits per heavy atom. The van der Waals surface area contributed by atoms with E-state index in [9.17, 15) is 91.0 Å². The monoisotopic (exact) mass is 1860 g/mol. The molecule has 0 radical (unpaired) electrons. The summed E-state index contributed by atoms with van der Waals surface area (Å²) >= 11 is 0. The molecular formula is C95H52F12N22O8. The van der Waals surface area contributed by atoms with Crippen molar-refractivity contribution >= 4 is 116 Å². The summed E-state index contributed by atoms with van der Waals surface area (Å²) in [5.41, 5.74) is 0.569. The Morgan fingerprint density at radius 2 is 0.701 bits per heavy atom. The fraction of sp³-hybridized carbons (Fsp3) is 0.0526. The fourth-order valence-corrected chi connectivity index (χ4v) is 16.0. The minimum Gasteiger partial charge on any atom is -0.345 e. The molecule has 0 fully saturated rings. The van der Waals surface area contributed by atoms with E-state index in [0.29, 0.717) is 68.2 Å². The van der Waals surface area contributed by atoms with Crippen molar-refractivity contribution in [2.75, 3.05) is 0 Å². The first-order valence-electron chi connectivity index (χ1n) is 40.6. The summed E-state index contributed by atoms with van der Waals surface area (Å²) < 4.78 is 164. The lowest BCUT2D eigenvalue weighted by Crippen LogP contribution is -2.29. The van der Waals surface area contributed by atoms with Crippen molar-refractivity contribution in [3.8, 4) is 67.8 Å². The average Bonchev–Trinajstić information content (AvgIpc) is 1.71. The fourth-order valence-electron chi connectivity index (χ4n) is 16.0. The largest absolute Gasteiger partial charge is 0.416 e. The van der Waals surface area contributed by atoms with E-state index in [-0.39, 0.29) is 88.4 Å². The van der Waals surface area contributed by atoms with Gasteiger partial charge in [-0.25, -0.2) is 44.1 Å². The predicted octanol–water partition coefficient (Wildman–Crippen LogP) is 16.3. The lowest BCUT2D eigenvalue weighted by molar-refractivity contribution is -0.138. The zero-order valence-corrected chi connectivity index (χ0v) is 69.1. The molecule has 17 heterocycles. The summed E-state index contributed by atoms with van der Waals surface area (Å²) in [6, 6.07) is 49.7. The van der Waals surface area contributed by atoms with Gasteiger partial charge in [-0.1, -0.05) is 54.6 Å². The summed E-state index contributed by atoms with van der Waals surface area (Å²) in [6.45, 7) is 0.612. The number of para-hydroxylation sites is 1. The van der Waals surface area contributed by atoms with Crippen LogP contribution in [0.3, 0.4) is 0 Å². The van der Waals surface area contributed by atoms with Crippen LogP contribution in [0.1, 0.15) is 33.4 Å². The molecule has 1 aliphatic heterocycles. The second-order valence-corrected chi connectivity index (χ2v) is 30.8. The number of pyridine rings is 10. The van der Waals surface area contributed by atoms with Crippen molar-refractivity contribution in [1.82, 2.24) is 103 Å². The quantitative estimate of drug-likeness (QED) is 0.0608. The van der Waals surface area contributed by atoms with Gasteiger partial charge in [0, 0.05) is 88.8 Å². The summed E-state index contributed by atoms with van der Waals surface area (Å²) in [5.74, 6) is 0. The van der Waals surface area contributed by atoms with E-state index < -0.39 is 92.0 Å². The molecule has 0 bridgehead atoms.